The number of hydrogen-bond donors (Lipinski definition) is 0. The van der Waals surface area contributed by atoms with Crippen LogP contribution in [0.5, 0.6) is 0 Å². The molecule has 0 bridgehead atoms. The van der Waals surface area contributed by atoms with Crippen LogP contribution in [-0.2, 0) is 17.5 Å². The van der Waals surface area contributed by atoms with E-state index in [4.69, 9.17) is 11.6 Å². The Morgan fingerprint density at radius 3 is 2.50 bits per heavy atom. The van der Waals surface area contributed by atoms with Gasteiger partial charge in [0.2, 0.25) is 5.91 Å². The van der Waals surface area contributed by atoms with E-state index >= 15 is 0 Å². The van der Waals surface area contributed by atoms with Gasteiger partial charge in [-0.2, -0.15) is 13.2 Å². The third-order valence-corrected chi connectivity index (χ3v) is 5.12. The number of piperidine rings is 1. The van der Waals surface area contributed by atoms with Crippen molar-refractivity contribution in [2.75, 3.05) is 25.0 Å². The first-order valence-corrected chi connectivity index (χ1v) is 9.25. The number of rotatable bonds is 4. The zero-order chi connectivity index (χ0) is 20.3. The summed E-state index contributed by atoms with van der Waals surface area (Å²) in [6, 6.07) is 4.62. The summed E-state index contributed by atoms with van der Waals surface area (Å²) in [4.78, 5) is 24.1. The van der Waals surface area contributed by atoms with Gasteiger partial charge in [0, 0.05) is 51.2 Å². The highest BCUT2D eigenvalue weighted by Crippen LogP contribution is 2.34. The van der Waals surface area contributed by atoms with Crippen LogP contribution in [0.25, 0.3) is 0 Å². The van der Waals surface area contributed by atoms with Gasteiger partial charge in [-0.15, -0.1) is 0 Å². The fourth-order valence-corrected chi connectivity index (χ4v) is 3.59. The zero-order valence-corrected chi connectivity index (χ0v) is 16.0. The maximum atomic E-state index is 12.8. The van der Waals surface area contributed by atoms with Crippen LogP contribution >= 0.6 is 11.6 Å². The summed E-state index contributed by atoms with van der Waals surface area (Å²) in [6.07, 6.45) is 0.881. The second kappa shape index (κ2) is 8.34. The third-order valence-electron chi connectivity index (χ3n) is 4.84. The Hall–Kier alpha value is -2.35. The summed E-state index contributed by atoms with van der Waals surface area (Å²) in [7, 11) is 1.77. The van der Waals surface area contributed by atoms with E-state index in [-0.39, 0.29) is 16.8 Å². The molecule has 5 nitrogen and oxygen atoms in total. The second-order valence-corrected chi connectivity index (χ2v) is 7.25. The second-order valence-electron chi connectivity index (χ2n) is 6.84. The van der Waals surface area contributed by atoms with Crippen molar-refractivity contribution >= 4 is 23.3 Å². The van der Waals surface area contributed by atoms with Gasteiger partial charge in [0.05, 0.1) is 10.6 Å². The lowest BCUT2D eigenvalue weighted by Crippen LogP contribution is -2.41. The molecule has 28 heavy (non-hydrogen) atoms. The van der Waals surface area contributed by atoms with Crippen molar-refractivity contribution in [3.8, 4) is 0 Å². The van der Waals surface area contributed by atoms with Crippen molar-refractivity contribution in [2.45, 2.75) is 25.6 Å². The number of nitrogens with zero attached hydrogens (tertiary/aromatic N) is 4. The first-order valence-electron chi connectivity index (χ1n) is 8.87. The number of halogens is 4. The highest BCUT2D eigenvalue weighted by atomic mass is 35.5. The summed E-state index contributed by atoms with van der Waals surface area (Å²) in [5, 5.41) is -0.0330. The SMILES string of the molecule is CN(Cc1ccncc1)C(=O)C1CCN(c2ncc(C(F)(F)F)cc2Cl)CC1. The van der Waals surface area contributed by atoms with E-state index in [1.54, 1.807) is 24.3 Å². The maximum Gasteiger partial charge on any atom is 0.417 e. The molecule has 0 saturated carbocycles. The zero-order valence-electron chi connectivity index (χ0n) is 15.3. The first kappa shape index (κ1) is 20.4. The van der Waals surface area contributed by atoms with Crippen molar-refractivity contribution in [1.82, 2.24) is 14.9 Å². The van der Waals surface area contributed by atoms with Crippen LogP contribution in [0.4, 0.5) is 19.0 Å². The van der Waals surface area contributed by atoms with Gasteiger partial charge < -0.3 is 9.80 Å². The topological polar surface area (TPSA) is 49.3 Å². The number of hydrogen-bond acceptors (Lipinski definition) is 4. The number of anilines is 1. The van der Waals surface area contributed by atoms with Gasteiger partial charge in [-0.1, -0.05) is 11.6 Å². The Morgan fingerprint density at radius 1 is 1.29 bits per heavy atom. The average Bonchev–Trinajstić information content (AvgIpc) is 2.67. The molecule has 1 saturated heterocycles. The first-order chi connectivity index (χ1) is 13.3. The standard InChI is InChI=1S/C19H20ClF3N4O/c1-26(12-13-2-6-24-7-3-13)18(28)14-4-8-27(9-5-14)17-16(20)10-15(11-25-17)19(21,22)23/h2-3,6-7,10-11,14H,4-5,8-9,12H2,1H3. The number of carbonyl (C=O) groups is 1. The van der Waals surface area contributed by atoms with Gasteiger partial charge in [0.15, 0.2) is 0 Å². The molecule has 0 spiro atoms. The molecule has 1 aliphatic rings. The predicted octanol–water partition coefficient (Wildman–Crippen LogP) is 4.02. The molecule has 1 amide bonds. The van der Waals surface area contributed by atoms with Crippen LogP contribution in [0, 0.1) is 5.92 Å². The summed E-state index contributed by atoms with van der Waals surface area (Å²) in [5.74, 6) is 0.255. The number of amides is 1. The van der Waals surface area contributed by atoms with Gasteiger partial charge in [-0.25, -0.2) is 4.98 Å². The monoisotopic (exact) mass is 412 g/mol. The van der Waals surface area contributed by atoms with Crippen molar-refractivity contribution in [1.29, 1.82) is 0 Å². The van der Waals surface area contributed by atoms with Crippen LogP contribution in [0.2, 0.25) is 5.02 Å². The van der Waals surface area contributed by atoms with Crippen LogP contribution in [0.15, 0.2) is 36.8 Å². The molecular weight excluding hydrogens is 393 g/mol. The quantitative estimate of drug-likeness (QED) is 0.761. The Bertz CT molecular complexity index is 824. The number of alkyl halides is 3. The fourth-order valence-electron chi connectivity index (χ4n) is 3.31. The molecule has 150 valence electrons. The minimum atomic E-state index is -4.48. The van der Waals surface area contributed by atoms with E-state index in [0.29, 0.717) is 38.3 Å². The molecule has 3 rings (SSSR count). The summed E-state index contributed by atoms with van der Waals surface area (Å²) in [6.45, 7) is 1.53. The lowest BCUT2D eigenvalue weighted by molar-refractivity contribution is -0.138. The largest absolute Gasteiger partial charge is 0.417 e. The lowest BCUT2D eigenvalue weighted by atomic mass is 9.95. The minimum Gasteiger partial charge on any atom is -0.355 e. The Labute approximate surface area is 166 Å². The number of pyridine rings is 2. The van der Waals surface area contributed by atoms with E-state index in [2.05, 4.69) is 9.97 Å². The summed E-state index contributed by atoms with van der Waals surface area (Å²) in [5.41, 5.74) is 0.132. The van der Waals surface area contributed by atoms with Gasteiger partial charge in [0.25, 0.3) is 0 Å². The van der Waals surface area contributed by atoms with Gasteiger partial charge in [-0.05, 0) is 36.6 Å². The Kier molecular flexibility index (Phi) is 6.07. The Balaban J connectivity index is 1.59. The molecule has 1 fully saturated rings. The lowest BCUT2D eigenvalue weighted by Gasteiger charge is -2.34. The molecule has 1 aliphatic heterocycles. The summed E-state index contributed by atoms with van der Waals surface area (Å²) < 4.78 is 38.3. The molecule has 0 N–H and O–H groups in total. The molecule has 2 aromatic rings. The van der Waals surface area contributed by atoms with Crippen LogP contribution in [0.1, 0.15) is 24.0 Å². The van der Waals surface area contributed by atoms with E-state index < -0.39 is 11.7 Å². The molecule has 2 aromatic heterocycles. The average molecular weight is 413 g/mol. The minimum absolute atomic E-state index is 0.0330. The molecule has 0 radical (unpaired) electrons. The summed E-state index contributed by atoms with van der Waals surface area (Å²) >= 11 is 6.02. The highest BCUT2D eigenvalue weighted by molar-refractivity contribution is 6.33. The van der Waals surface area contributed by atoms with Crippen molar-refractivity contribution in [2.24, 2.45) is 5.92 Å². The fraction of sp³-hybridized carbons (Fsp3) is 0.421. The molecule has 0 aromatic carbocycles. The molecule has 0 atom stereocenters. The number of aromatic nitrogens is 2. The molecule has 0 unspecified atom stereocenters. The van der Waals surface area contributed by atoms with Crippen LogP contribution in [0.3, 0.4) is 0 Å². The van der Waals surface area contributed by atoms with Crippen molar-refractivity contribution < 1.29 is 18.0 Å². The molecule has 9 heteroatoms. The van der Waals surface area contributed by atoms with Crippen molar-refractivity contribution in [3.05, 3.63) is 52.9 Å². The van der Waals surface area contributed by atoms with E-state index in [0.717, 1.165) is 17.8 Å². The number of carbonyl (C=O) groups excluding carboxylic acids is 1. The van der Waals surface area contributed by atoms with Gasteiger partial charge >= 0.3 is 6.18 Å². The molecule has 0 aliphatic carbocycles. The molecule has 3 heterocycles. The predicted molar refractivity (Wildman–Crippen MR) is 99.9 cm³/mol. The smallest absolute Gasteiger partial charge is 0.355 e. The van der Waals surface area contributed by atoms with Gasteiger partial charge in [0.1, 0.15) is 5.82 Å². The van der Waals surface area contributed by atoms with Crippen LogP contribution < -0.4 is 4.90 Å². The van der Waals surface area contributed by atoms with E-state index in [9.17, 15) is 18.0 Å². The van der Waals surface area contributed by atoms with Crippen molar-refractivity contribution in [3.63, 3.8) is 0 Å². The maximum absolute atomic E-state index is 12.8. The van der Waals surface area contributed by atoms with Gasteiger partial charge in [-0.3, -0.25) is 9.78 Å². The molecular formula is C19H20ClF3N4O. The van der Waals surface area contributed by atoms with E-state index in [1.165, 1.54) is 0 Å². The van der Waals surface area contributed by atoms with E-state index in [1.807, 2.05) is 17.0 Å². The highest BCUT2D eigenvalue weighted by Gasteiger charge is 2.33. The normalized spacial score (nSPS) is 15.5. The Morgan fingerprint density at radius 2 is 1.93 bits per heavy atom. The van der Waals surface area contributed by atoms with Crippen LogP contribution in [-0.4, -0.2) is 40.9 Å². The third kappa shape index (κ3) is 4.73.